The quantitative estimate of drug-likeness (QED) is 0.503. The number of para-hydroxylation sites is 2. The summed E-state index contributed by atoms with van der Waals surface area (Å²) in [7, 11) is 0. The van der Waals surface area contributed by atoms with Gasteiger partial charge in [0.05, 0.1) is 25.6 Å². The highest BCUT2D eigenvalue weighted by Gasteiger charge is 2.27. The lowest BCUT2D eigenvalue weighted by Crippen LogP contribution is -2.33. The van der Waals surface area contributed by atoms with Gasteiger partial charge in [0, 0.05) is 29.4 Å². The molecule has 0 spiro atoms. The zero-order valence-corrected chi connectivity index (χ0v) is 21.5. The largest absolute Gasteiger partial charge is 0.355 e. The lowest BCUT2D eigenvalue weighted by Gasteiger charge is -2.22. The minimum absolute atomic E-state index is 0.0951. The van der Waals surface area contributed by atoms with E-state index in [9.17, 15) is 4.79 Å². The van der Waals surface area contributed by atoms with Crippen molar-refractivity contribution < 1.29 is 0 Å². The van der Waals surface area contributed by atoms with Crippen LogP contribution in [-0.4, -0.2) is 23.0 Å². The van der Waals surface area contributed by atoms with Gasteiger partial charge in [0.2, 0.25) is 0 Å². The fraction of sp³-hybridized carbons (Fsp3) is 0.269. The van der Waals surface area contributed by atoms with Crippen molar-refractivity contribution in [3.05, 3.63) is 79.2 Å². The number of rotatable bonds is 5. The molecule has 3 aromatic rings. The Morgan fingerprint density at radius 3 is 2.33 bits per heavy atom. The Kier molecular flexibility index (Phi) is 6.45. The molecule has 7 heteroatoms. The molecule has 0 N–H and O–H groups in total. The normalized spacial score (nSPS) is 19.6. The Morgan fingerprint density at radius 2 is 1.61 bits per heavy atom. The number of anilines is 2. The van der Waals surface area contributed by atoms with E-state index in [4.69, 9.17) is 0 Å². The Morgan fingerprint density at radius 1 is 0.879 bits per heavy atom. The standard InChI is InChI=1S/C26H27N3OS3/c1-4-27-18-11-7-9-13-20(18)31-23(27)16-15-22-26(30)29(6-3)25(33-22)17-24-28(5-2)19-12-8-10-14-21(19)32-24/h7-17,24H,4-6H2,1-3H3. The van der Waals surface area contributed by atoms with E-state index >= 15 is 0 Å². The molecule has 1 atom stereocenters. The third-order valence-electron chi connectivity index (χ3n) is 5.94. The molecular weight excluding hydrogens is 467 g/mol. The van der Waals surface area contributed by atoms with Crippen LogP contribution in [0.5, 0.6) is 0 Å². The SMILES string of the molecule is CCN1C(=CC=c2sc(=CC3Sc4ccccc4N3CC)n(CC)c2=O)Sc2ccccc21. The first-order chi connectivity index (χ1) is 16.1. The van der Waals surface area contributed by atoms with Gasteiger partial charge in [-0.15, -0.1) is 11.3 Å². The highest BCUT2D eigenvalue weighted by molar-refractivity contribution is 8.03. The molecule has 0 aliphatic carbocycles. The molecule has 0 radical (unpaired) electrons. The van der Waals surface area contributed by atoms with Crippen LogP contribution >= 0.6 is 34.9 Å². The Hall–Kier alpha value is -2.35. The molecule has 0 fully saturated rings. The van der Waals surface area contributed by atoms with Gasteiger partial charge in [-0.05, 0) is 63.3 Å². The van der Waals surface area contributed by atoms with Crippen molar-refractivity contribution in [2.24, 2.45) is 0 Å². The molecule has 0 amide bonds. The summed E-state index contributed by atoms with van der Waals surface area (Å²) in [5, 5.41) is 1.36. The van der Waals surface area contributed by atoms with E-state index in [1.54, 1.807) is 23.1 Å². The van der Waals surface area contributed by atoms with Crippen molar-refractivity contribution in [1.82, 2.24) is 4.57 Å². The molecule has 4 nitrogen and oxygen atoms in total. The number of nitrogens with zero attached hydrogens (tertiary/aromatic N) is 3. The van der Waals surface area contributed by atoms with Crippen molar-refractivity contribution >= 4 is 58.4 Å². The molecular formula is C26H27N3OS3. The molecule has 3 heterocycles. The van der Waals surface area contributed by atoms with Crippen LogP contribution in [0.2, 0.25) is 0 Å². The highest BCUT2D eigenvalue weighted by atomic mass is 32.2. The third-order valence-corrected chi connectivity index (χ3v) is 9.40. The number of benzene rings is 2. The van der Waals surface area contributed by atoms with Crippen LogP contribution in [0.25, 0.3) is 12.2 Å². The molecule has 2 aliphatic heterocycles. The van der Waals surface area contributed by atoms with Gasteiger partial charge in [0.15, 0.2) is 0 Å². The van der Waals surface area contributed by atoms with Crippen molar-refractivity contribution in [3.63, 3.8) is 0 Å². The van der Waals surface area contributed by atoms with E-state index in [0.717, 1.165) is 22.3 Å². The maximum absolute atomic E-state index is 13.2. The first kappa shape index (κ1) is 22.4. The summed E-state index contributed by atoms with van der Waals surface area (Å²) < 4.78 is 3.72. The van der Waals surface area contributed by atoms with E-state index in [0.29, 0.717) is 6.54 Å². The summed E-state index contributed by atoms with van der Waals surface area (Å²) in [6, 6.07) is 17.0. The number of thiazole rings is 1. The molecule has 0 bridgehead atoms. The average molecular weight is 494 g/mol. The molecule has 0 saturated carbocycles. The van der Waals surface area contributed by atoms with Gasteiger partial charge in [-0.2, -0.15) is 0 Å². The maximum Gasteiger partial charge on any atom is 0.269 e. The first-order valence-electron chi connectivity index (χ1n) is 11.3. The van der Waals surface area contributed by atoms with Gasteiger partial charge in [-0.1, -0.05) is 47.8 Å². The second-order valence-corrected chi connectivity index (χ2v) is 11.1. The van der Waals surface area contributed by atoms with Crippen molar-refractivity contribution in [3.8, 4) is 0 Å². The highest BCUT2D eigenvalue weighted by Crippen LogP contribution is 2.45. The predicted octanol–water partition coefficient (Wildman–Crippen LogP) is 4.92. The van der Waals surface area contributed by atoms with E-state index in [-0.39, 0.29) is 10.9 Å². The minimum atomic E-state index is 0.0951. The molecule has 2 aliphatic rings. The van der Waals surface area contributed by atoms with E-state index in [1.807, 2.05) is 29.3 Å². The molecule has 33 heavy (non-hydrogen) atoms. The molecule has 5 rings (SSSR count). The molecule has 1 unspecified atom stereocenters. The average Bonchev–Trinajstić information content (AvgIpc) is 3.47. The Bertz CT molecular complexity index is 1390. The van der Waals surface area contributed by atoms with E-state index in [2.05, 4.69) is 84.3 Å². The monoisotopic (exact) mass is 493 g/mol. The fourth-order valence-electron chi connectivity index (χ4n) is 4.34. The molecule has 2 aromatic carbocycles. The van der Waals surface area contributed by atoms with Gasteiger partial charge < -0.3 is 9.80 Å². The second kappa shape index (κ2) is 9.49. The number of allylic oxidation sites excluding steroid dienone is 1. The predicted molar refractivity (Wildman–Crippen MR) is 145 cm³/mol. The zero-order chi connectivity index (χ0) is 22.9. The number of thioether (sulfide) groups is 2. The lowest BCUT2D eigenvalue weighted by atomic mass is 10.3. The first-order valence-corrected chi connectivity index (χ1v) is 13.9. The van der Waals surface area contributed by atoms with Gasteiger partial charge in [0.25, 0.3) is 5.56 Å². The van der Waals surface area contributed by atoms with E-state index < -0.39 is 0 Å². The molecule has 170 valence electrons. The summed E-state index contributed by atoms with van der Waals surface area (Å²) in [4.78, 5) is 20.5. The summed E-state index contributed by atoms with van der Waals surface area (Å²) in [5.74, 6) is 0. The zero-order valence-electron chi connectivity index (χ0n) is 19.0. The summed E-state index contributed by atoms with van der Waals surface area (Å²) in [6.07, 6.45) is 6.36. The van der Waals surface area contributed by atoms with Crippen LogP contribution in [-0.2, 0) is 6.54 Å². The van der Waals surface area contributed by atoms with Crippen LogP contribution in [0, 0.1) is 0 Å². The topological polar surface area (TPSA) is 28.5 Å². The number of hydrogen-bond donors (Lipinski definition) is 0. The summed E-state index contributed by atoms with van der Waals surface area (Å²) in [6.45, 7) is 8.90. The van der Waals surface area contributed by atoms with Gasteiger partial charge in [-0.3, -0.25) is 9.36 Å². The summed E-state index contributed by atoms with van der Waals surface area (Å²) in [5.41, 5.74) is 2.62. The number of hydrogen-bond acceptors (Lipinski definition) is 6. The lowest BCUT2D eigenvalue weighted by molar-refractivity contribution is 0.720. The van der Waals surface area contributed by atoms with Gasteiger partial charge in [0.1, 0.15) is 5.37 Å². The van der Waals surface area contributed by atoms with Crippen molar-refractivity contribution in [2.45, 2.75) is 42.5 Å². The minimum Gasteiger partial charge on any atom is -0.355 e. The van der Waals surface area contributed by atoms with Crippen LogP contribution in [0.1, 0.15) is 20.8 Å². The van der Waals surface area contributed by atoms with Crippen LogP contribution in [0.15, 0.2) is 74.2 Å². The number of aromatic nitrogens is 1. The van der Waals surface area contributed by atoms with Crippen LogP contribution < -0.4 is 24.6 Å². The maximum atomic E-state index is 13.2. The van der Waals surface area contributed by atoms with Crippen LogP contribution in [0.3, 0.4) is 0 Å². The van der Waals surface area contributed by atoms with Gasteiger partial charge >= 0.3 is 0 Å². The van der Waals surface area contributed by atoms with Crippen molar-refractivity contribution in [2.75, 3.05) is 22.9 Å². The Labute approximate surface area is 206 Å². The van der Waals surface area contributed by atoms with Crippen molar-refractivity contribution in [1.29, 1.82) is 0 Å². The van der Waals surface area contributed by atoms with Crippen LogP contribution in [0.4, 0.5) is 11.4 Å². The third kappa shape index (κ3) is 4.07. The Balaban J connectivity index is 1.52. The fourth-order valence-corrected chi connectivity index (χ4v) is 7.95. The van der Waals surface area contributed by atoms with E-state index in [1.165, 1.54) is 26.2 Å². The molecule has 0 saturated heterocycles. The van der Waals surface area contributed by atoms with Gasteiger partial charge in [-0.25, -0.2) is 0 Å². The smallest absolute Gasteiger partial charge is 0.269 e. The summed E-state index contributed by atoms with van der Waals surface area (Å²) >= 11 is 5.22. The number of fused-ring (bicyclic) bond motifs is 2. The second-order valence-electron chi connectivity index (χ2n) is 7.77. The molecule has 1 aromatic heterocycles.